The van der Waals surface area contributed by atoms with E-state index in [9.17, 15) is 9.18 Å². The minimum absolute atomic E-state index is 0.0788. The minimum Gasteiger partial charge on any atom is -0.342 e. The maximum atomic E-state index is 13.4. The van der Waals surface area contributed by atoms with Crippen molar-refractivity contribution in [3.63, 3.8) is 0 Å². The summed E-state index contributed by atoms with van der Waals surface area (Å²) < 4.78 is 13.4. The van der Waals surface area contributed by atoms with E-state index in [1.54, 1.807) is 6.07 Å². The zero-order valence-corrected chi connectivity index (χ0v) is 16.6. The van der Waals surface area contributed by atoms with Gasteiger partial charge in [-0.3, -0.25) is 4.79 Å². The standard InChI is InChI=1S/C23H26FN3O/c1-23(2,3)17-6-4-16(5-7-17)22(28)27-12-10-15(11-13-27)21-25-19-9-8-18(24)14-20(19)26-21/h4-9,14-15H,10-13H2,1-3H3,(H,25,26). The van der Waals surface area contributed by atoms with Crippen molar-refractivity contribution in [2.45, 2.75) is 44.9 Å². The molecule has 0 bridgehead atoms. The van der Waals surface area contributed by atoms with Crippen molar-refractivity contribution < 1.29 is 9.18 Å². The maximum absolute atomic E-state index is 13.4. The van der Waals surface area contributed by atoms with Crippen LogP contribution in [0, 0.1) is 5.82 Å². The Morgan fingerprint density at radius 2 is 1.79 bits per heavy atom. The van der Waals surface area contributed by atoms with Crippen molar-refractivity contribution in [1.82, 2.24) is 14.9 Å². The Morgan fingerprint density at radius 3 is 2.43 bits per heavy atom. The third-order valence-corrected chi connectivity index (χ3v) is 5.63. The van der Waals surface area contributed by atoms with Crippen molar-refractivity contribution in [2.24, 2.45) is 0 Å². The third kappa shape index (κ3) is 3.66. The average Bonchev–Trinajstić information content (AvgIpc) is 3.10. The SMILES string of the molecule is CC(C)(C)c1ccc(C(=O)N2CCC(c3nc4ccc(F)cc4[nH]3)CC2)cc1. The van der Waals surface area contributed by atoms with Gasteiger partial charge in [0.15, 0.2) is 0 Å². The number of amides is 1. The first-order chi connectivity index (χ1) is 13.3. The monoisotopic (exact) mass is 379 g/mol. The summed E-state index contributed by atoms with van der Waals surface area (Å²) in [7, 11) is 0. The molecule has 0 radical (unpaired) electrons. The number of carbonyl (C=O) groups is 1. The summed E-state index contributed by atoms with van der Waals surface area (Å²) in [6, 6.07) is 12.6. The molecule has 3 aromatic rings. The van der Waals surface area contributed by atoms with Crippen molar-refractivity contribution in [1.29, 1.82) is 0 Å². The summed E-state index contributed by atoms with van der Waals surface area (Å²) in [5, 5.41) is 0. The van der Waals surface area contributed by atoms with Gasteiger partial charge in [-0.25, -0.2) is 9.37 Å². The van der Waals surface area contributed by atoms with Crippen LogP contribution in [0.25, 0.3) is 11.0 Å². The summed E-state index contributed by atoms with van der Waals surface area (Å²) in [5.41, 5.74) is 3.56. The molecule has 4 nitrogen and oxygen atoms in total. The van der Waals surface area contributed by atoms with Crippen LogP contribution in [0.1, 0.15) is 61.3 Å². The van der Waals surface area contributed by atoms with Gasteiger partial charge < -0.3 is 9.88 Å². The molecule has 0 unspecified atom stereocenters. The number of hydrogen-bond donors (Lipinski definition) is 1. The van der Waals surface area contributed by atoms with Gasteiger partial charge in [-0.05, 0) is 54.2 Å². The highest BCUT2D eigenvalue weighted by molar-refractivity contribution is 5.94. The fraction of sp³-hybridized carbons (Fsp3) is 0.391. The number of hydrogen-bond acceptors (Lipinski definition) is 2. The Labute approximate surface area is 164 Å². The maximum Gasteiger partial charge on any atom is 0.253 e. The van der Waals surface area contributed by atoms with E-state index in [1.165, 1.54) is 17.7 Å². The van der Waals surface area contributed by atoms with Crippen LogP contribution in [0.15, 0.2) is 42.5 Å². The second-order valence-corrected chi connectivity index (χ2v) is 8.68. The molecule has 0 aliphatic carbocycles. The molecule has 146 valence electrons. The number of H-pyrrole nitrogens is 1. The highest BCUT2D eigenvalue weighted by atomic mass is 19.1. The molecule has 1 N–H and O–H groups in total. The predicted octanol–water partition coefficient (Wildman–Crippen LogP) is 5.02. The Balaban J connectivity index is 1.42. The lowest BCUT2D eigenvalue weighted by atomic mass is 9.86. The summed E-state index contributed by atoms with van der Waals surface area (Å²) in [6.45, 7) is 7.91. The number of fused-ring (bicyclic) bond motifs is 1. The van der Waals surface area contributed by atoms with Crippen molar-refractivity contribution in [3.05, 3.63) is 65.2 Å². The number of aromatic nitrogens is 2. The van der Waals surface area contributed by atoms with Crippen LogP contribution in [0.4, 0.5) is 4.39 Å². The summed E-state index contributed by atoms with van der Waals surface area (Å²) in [4.78, 5) is 22.6. The highest BCUT2D eigenvalue weighted by Gasteiger charge is 2.26. The molecule has 0 atom stereocenters. The lowest BCUT2D eigenvalue weighted by Crippen LogP contribution is -2.38. The predicted molar refractivity (Wildman–Crippen MR) is 109 cm³/mol. The topological polar surface area (TPSA) is 49.0 Å². The summed E-state index contributed by atoms with van der Waals surface area (Å²) >= 11 is 0. The van der Waals surface area contributed by atoms with E-state index in [2.05, 4.69) is 30.7 Å². The van der Waals surface area contributed by atoms with Crippen LogP contribution in [0.2, 0.25) is 0 Å². The normalized spacial score (nSPS) is 15.9. The highest BCUT2D eigenvalue weighted by Crippen LogP contribution is 2.29. The van der Waals surface area contributed by atoms with Crippen LogP contribution in [0.3, 0.4) is 0 Å². The molecule has 1 amide bonds. The third-order valence-electron chi connectivity index (χ3n) is 5.63. The Morgan fingerprint density at radius 1 is 1.11 bits per heavy atom. The first kappa shape index (κ1) is 18.7. The summed E-state index contributed by atoms with van der Waals surface area (Å²) in [6.07, 6.45) is 1.71. The summed E-state index contributed by atoms with van der Waals surface area (Å²) in [5.74, 6) is 0.983. The van der Waals surface area contributed by atoms with Gasteiger partial charge in [0.05, 0.1) is 11.0 Å². The van der Waals surface area contributed by atoms with E-state index in [4.69, 9.17) is 0 Å². The molecule has 0 saturated carbocycles. The van der Waals surface area contributed by atoms with Crippen LogP contribution in [-0.2, 0) is 5.41 Å². The molecule has 1 aliphatic heterocycles. The van der Waals surface area contributed by atoms with Crippen LogP contribution >= 0.6 is 0 Å². The molecule has 4 rings (SSSR count). The lowest BCUT2D eigenvalue weighted by molar-refractivity contribution is 0.0711. The molecule has 28 heavy (non-hydrogen) atoms. The van der Waals surface area contributed by atoms with Crippen LogP contribution in [0.5, 0.6) is 0 Å². The quantitative estimate of drug-likeness (QED) is 0.680. The fourth-order valence-corrected chi connectivity index (χ4v) is 3.85. The van der Waals surface area contributed by atoms with E-state index in [0.717, 1.165) is 35.3 Å². The zero-order chi connectivity index (χ0) is 19.9. The first-order valence-corrected chi connectivity index (χ1v) is 9.86. The van der Waals surface area contributed by atoms with E-state index in [1.807, 2.05) is 29.2 Å². The molecule has 1 saturated heterocycles. The van der Waals surface area contributed by atoms with Gasteiger partial charge in [-0.15, -0.1) is 0 Å². The van der Waals surface area contributed by atoms with Gasteiger partial charge in [0.2, 0.25) is 0 Å². The molecular formula is C23H26FN3O. The van der Waals surface area contributed by atoms with Crippen molar-refractivity contribution >= 4 is 16.9 Å². The number of piperidine rings is 1. The van der Waals surface area contributed by atoms with Gasteiger partial charge in [0, 0.05) is 24.6 Å². The van der Waals surface area contributed by atoms with E-state index in [-0.39, 0.29) is 23.1 Å². The zero-order valence-electron chi connectivity index (χ0n) is 16.6. The van der Waals surface area contributed by atoms with E-state index in [0.29, 0.717) is 13.1 Å². The second-order valence-electron chi connectivity index (χ2n) is 8.68. The van der Waals surface area contributed by atoms with Crippen LogP contribution < -0.4 is 0 Å². The number of aromatic amines is 1. The molecule has 2 heterocycles. The average molecular weight is 379 g/mol. The molecule has 5 heteroatoms. The number of rotatable bonds is 2. The molecule has 1 aromatic heterocycles. The smallest absolute Gasteiger partial charge is 0.253 e. The van der Waals surface area contributed by atoms with Gasteiger partial charge in [-0.2, -0.15) is 0 Å². The van der Waals surface area contributed by atoms with Crippen molar-refractivity contribution in [3.8, 4) is 0 Å². The van der Waals surface area contributed by atoms with Crippen LogP contribution in [-0.4, -0.2) is 33.9 Å². The van der Waals surface area contributed by atoms with E-state index < -0.39 is 0 Å². The Kier molecular flexibility index (Phi) is 4.69. The lowest BCUT2D eigenvalue weighted by Gasteiger charge is -2.31. The van der Waals surface area contributed by atoms with Gasteiger partial charge >= 0.3 is 0 Å². The molecule has 1 aliphatic rings. The first-order valence-electron chi connectivity index (χ1n) is 9.86. The van der Waals surface area contributed by atoms with Gasteiger partial charge in [-0.1, -0.05) is 32.9 Å². The number of likely N-dealkylation sites (tertiary alicyclic amines) is 1. The Hall–Kier alpha value is -2.69. The number of halogens is 1. The minimum atomic E-state index is -0.263. The molecule has 2 aromatic carbocycles. The number of imidazole rings is 1. The number of nitrogens with one attached hydrogen (secondary N) is 1. The van der Waals surface area contributed by atoms with Gasteiger partial charge in [0.1, 0.15) is 11.6 Å². The second kappa shape index (κ2) is 7.04. The molecular weight excluding hydrogens is 353 g/mol. The fourth-order valence-electron chi connectivity index (χ4n) is 3.85. The molecule has 1 fully saturated rings. The largest absolute Gasteiger partial charge is 0.342 e. The number of benzene rings is 2. The number of carbonyl (C=O) groups excluding carboxylic acids is 1. The van der Waals surface area contributed by atoms with Gasteiger partial charge in [0.25, 0.3) is 5.91 Å². The van der Waals surface area contributed by atoms with E-state index >= 15 is 0 Å². The Bertz CT molecular complexity index is 993. The number of nitrogens with zero attached hydrogens (tertiary/aromatic N) is 2. The molecule has 0 spiro atoms. The van der Waals surface area contributed by atoms with Crippen molar-refractivity contribution in [2.75, 3.05) is 13.1 Å².